The van der Waals surface area contributed by atoms with Crippen molar-refractivity contribution in [2.45, 2.75) is 274 Å². The fourth-order valence-corrected chi connectivity index (χ4v) is 19.7. The summed E-state index contributed by atoms with van der Waals surface area (Å²) in [4.78, 5) is 23.5. The van der Waals surface area contributed by atoms with Gasteiger partial charge < -0.3 is 0 Å². The SMILES string of the molecule is CC(C)c1ccc(-n2cncn2)cc1Cl.CC(C)c1ccc(-n2cncn2)cc1F.CC(C)c1ccc(S(=O)(=O)C2CC2)cc1Cl.CC(C)c1ccc(S(=O)(=O)C2CC2)cc1F.CC(C)c1ccc(S(C)(=O)=O)cc1Cl.CC(C)c1ccc(S(C)(=O)=O)cc1F.Cc1ccc(C(C)C)c(C)n1.Cc1ncccc1C(C)C.[C-]#[N+]c1ccc(C(C)C)c(Cl)c1.[C-]#[N+]c1ccc(C(C)C)c(F)c1. The maximum atomic E-state index is 13.7. The van der Waals surface area contributed by atoms with Crippen molar-refractivity contribution >= 4 is 97.1 Å². The lowest BCUT2D eigenvalue weighted by Gasteiger charge is -2.10. The van der Waals surface area contributed by atoms with E-state index in [1.807, 2.05) is 139 Å². The molecule has 0 radical (unpaired) electrons. The van der Waals surface area contributed by atoms with Crippen LogP contribution in [0.4, 0.5) is 28.9 Å². The first-order valence-electron chi connectivity index (χ1n) is 44.5. The molecule has 18 nitrogen and oxygen atoms in total. The third-order valence-electron chi connectivity index (χ3n) is 21.4. The second kappa shape index (κ2) is 53.1. The molecule has 8 aromatic carbocycles. The van der Waals surface area contributed by atoms with E-state index in [0.717, 1.165) is 81.1 Å². The molecular weight excluding hydrogens is 1880 g/mol. The van der Waals surface area contributed by atoms with E-state index in [9.17, 15) is 51.2 Å². The van der Waals surface area contributed by atoms with Crippen LogP contribution in [0.2, 0.25) is 20.1 Å². The van der Waals surface area contributed by atoms with E-state index >= 15 is 0 Å². The Kier molecular flexibility index (Phi) is 45.4. The van der Waals surface area contributed by atoms with E-state index in [-0.39, 0.29) is 60.5 Å². The summed E-state index contributed by atoms with van der Waals surface area (Å²) in [5, 5.41) is 10.1. The first kappa shape index (κ1) is 115. The third-order valence-corrected chi connectivity index (χ3v) is 29.5. The monoisotopic (exact) mass is 2000 g/mol. The van der Waals surface area contributed by atoms with Crippen LogP contribution in [0.25, 0.3) is 21.1 Å². The van der Waals surface area contributed by atoms with Gasteiger partial charge in [0.2, 0.25) is 0 Å². The molecular formula is C105H128Cl4F4N10O8S4. The van der Waals surface area contributed by atoms with E-state index in [1.165, 1.54) is 76.8 Å². The molecule has 0 N–H and O–H groups in total. The molecule has 0 amide bonds. The Morgan fingerprint density at radius 3 is 0.941 bits per heavy atom. The van der Waals surface area contributed by atoms with Crippen LogP contribution in [0.15, 0.2) is 221 Å². The van der Waals surface area contributed by atoms with Crippen molar-refractivity contribution in [3.05, 3.63) is 340 Å². The van der Waals surface area contributed by atoms with Gasteiger partial charge >= 0.3 is 0 Å². The minimum atomic E-state index is -3.31. The number of aromatic nitrogens is 8. The van der Waals surface area contributed by atoms with E-state index in [0.29, 0.717) is 102 Å². The summed E-state index contributed by atoms with van der Waals surface area (Å²) in [7, 11) is -12.8. The summed E-state index contributed by atoms with van der Waals surface area (Å²) in [5.74, 6) is 1.77. The predicted octanol–water partition coefficient (Wildman–Crippen LogP) is 29.9. The standard InChI is InChI=1S/C12H15ClO2S.C12H15FO2S.C11H12ClN3.C11H12FN3.C10H10ClN.C10H13ClO2S.C10H10FN.C10H13FO2S.C10H15N.C9H13N/c2*1-8(2)11-6-5-10(7-12(11)13)16(14,15)9-3-4-9;2*1-8(2)10-4-3-9(5-11(10)12)15-7-13-6-14-15;1-7(2)9-5-4-8(12-3)6-10(9)11;1-7(2)9-5-4-8(6-10(9)11)14(3,12)13;1-7(2)9-5-4-8(12-3)6-10(9)11;1-7(2)9-5-4-8(6-10(9)11)14(3,12)13;1-7(2)10-6-5-8(3)11-9(10)4;1-7(2)9-5-4-6-10-8(9)3/h2*5-9H,3-4H2,1-2H3;2*3-8H,1-2H3;4-7H,1-2H3;4-7H,1-3H3;4-7H,1-2H3;4-7H,1-3H3;5-7H,1-4H3;4-7H,1-3H3. The summed E-state index contributed by atoms with van der Waals surface area (Å²) < 4.78 is 149. The molecule has 0 aliphatic heterocycles. The van der Waals surface area contributed by atoms with Crippen LogP contribution in [0.3, 0.4) is 0 Å². The van der Waals surface area contributed by atoms with Crippen molar-refractivity contribution in [3.63, 3.8) is 0 Å². The average Bonchev–Trinajstić information content (AvgIpc) is 1.64. The van der Waals surface area contributed by atoms with E-state index < -0.39 is 51.0 Å². The molecule has 12 aromatic rings. The van der Waals surface area contributed by atoms with E-state index in [1.54, 1.807) is 78.0 Å². The first-order chi connectivity index (χ1) is 63.0. The molecule has 0 unspecified atom stereocenters. The second-order valence-corrected chi connectivity index (χ2v) is 46.0. The molecule has 2 saturated carbocycles. The van der Waals surface area contributed by atoms with Crippen LogP contribution >= 0.6 is 46.4 Å². The summed E-state index contributed by atoms with van der Waals surface area (Å²) in [6, 6.07) is 47.7. The lowest BCUT2D eigenvalue weighted by Crippen LogP contribution is -2.08. The number of rotatable bonds is 18. The van der Waals surface area contributed by atoms with Gasteiger partial charge in [-0.15, -0.1) is 0 Å². The third kappa shape index (κ3) is 36.1. The Morgan fingerprint density at radius 2 is 0.630 bits per heavy atom. The van der Waals surface area contributed by atoms with Gasteiger partial charge in [-0.2, -0.15) is 10.2 Å². The quantitative estimate of drug-likeness (QED) is 0.0574. The molecule has 14 rings (SSSR count). The minimum Gasteiger partial charge on any atom is -0.261 e. The van der Waals surface area contributed by atoms with Gasteiger partial charge in [-0.1, -0.05) is 258 Å². The molecule has 2 aliphatic rings. The van der Waals surface area contributed by atoms with Gasteiger partial charge in [-0.05, 0) is 258 Å². The van der Waals surface area contributed by atoms with Crippen LogP contribution in [-0.4, -0.2) is 96.2 Å². The minimum absolute atomic E-state index is 0.0272. The van der Waals surface area contributed by atoms with Crippen LogP contribution < -0.4 is 0 Å². The molecule has 2 aliphatic carbocycles. The number of nitrogens with zero attached hydrogens (tertiary/aromatic N) is 10. The van der Waals surface area contributed by atoms with Crippen molar-refractivity contribution in [1.82, 2.24) is 39.5 Å². The number of aryl methyl sites for hydroxylation is 3. The van der Waals surface area contributed by atoms with Crippen LogP contribution in [0.1, 0.15) is 296 Å². The maximum absolute atomic E-state index is 13.7. The number of hydrogen-bond donors (Lipinski definition) is 0. The number of pyridine rings is 2. The molecule has 30 heteroatoms. The summed E-state index contributed by atoms with van der Waals surface area (Å²) in [6.45, 7) is 60.1. The summed E-state index contributed by atoms with van der Waals surface area (Å²) in [6.07, 6.45) is 13.2. The number of sulfone groups is 4. The van der Waals surface area contributed by atoms with Crippen molar-refractivity contribution in [1.29, 1.82) is 0 Å². The highest BCUT2D eigenvalue weighted by Crippen LogP contribution is 2.39. The lowest BCUT2D eigenvalue weighted by molar-refractivity contribution is 0.581. The molecule has 4 aromatic heterocycles. The Bertz CT molecular complexity index is 6140. The fraction of sp³-hybridized carbons (Fsp3) is 0.390. The Hall–Kier alpha value is -10.0. The smallest absolute Gasteiger partial charge is 0.190 e. The topological polar surface area (TPSA) is 232 Å². The van der Waals surface area contributed by atoms with Crippen molar-refractivity contribution in [2.75, 3.05) is 12.5 Å². The van der Waals surface area contributed by atoms with Crippen molar-refractivity contribution in [2.24, 2.45) is 0 Å². The highest BCUT2D eigenvalue weighted by molar-refractivity contribution is 7.92. The molecule has 0 saturated heterocycles. The zero-order chi connectivity index (χ0) is 102. The van der Waals surface area contributed by atoms with Gasteiger partial charge in [0.1, 0.15) is 48.6 Å². The highest BCUT2D eigenvalue weighted by Gasteiger charge is 2.38. The zero-order valence-electron chi connectivity index (χ0n) is 81.7. The van der Waals surface area contributed by atoms with E-state index in [2.05, 4.69) is 127 Å². The van der Waals surface area contributed by atoms with Crippen LogP contribution in [0, 0.1) is 57.2 Å². The van der Waals surface area contributed by atoms with Gasteiger partial charge in [0.15, 0.2) is 50.7 Å². The fourth-order valence-electron chi connectivity index (χ4n) is 13.3. The normalized spacial score (nSPS) is 12.3. The zero-order valence-corrected chi connectivity index (χ0v) is 88.0. The number of hydrogen-bond acceptors (Lipinski definition) is 14. The van der Waals surface area contributed by atoms with E-state index in [4.69, 9.17) is 59.5 Å². The molecule has 4 heterocycles. The Morgan fingerprint density at radius 1 is 0.341 bits per heavy atom. The summed E-state index contributed by atoms with van der Waals surface area (Å²) >= 11 is 24.2. The van der Waals surface area contributed by atoms with Gasteiger partial charge in [-0.25, -0.2) is 80.3 Å². The maximum Gasteiger partial charge on any atom is 0.190 e. The largest absolute Gasteiger partial charge is 0.261 e. The molecule has 726 valence electrons. The lowest BCUT2D eigenvalue weighted by atomic mass is 10.0. The van der Waals surface area contributed by atoms with Gasteiger partial charge in [-0.3, -0.25) is 9.97 Å². The highest BCUT2D eigenvalue weighted by atomic mass is 35.5. The number of halogens is 8. The molecule has 135 heavy (non-hydrogen) atoms. The van der Waals surface area contributed by atoms with Crippen LogP contribution in [-0.2, 0) is 39.3 Å². The van der Waals surface area contributed by atoms with Crippen molar-refractivity contribution in [3.8, 4) is 11.4 Å². The Balaban J connectivity index is 0.000000266. The van der Waals surface area contributed by atoms with Crippen LogP contribution in [0.5, 0.6) is 0 Å². The number of benzene rings is 8. The second-order valence-electron chi connectivity index (χ2n) is 35.8. The summed E-state index contributed by atoms with van der Waals surface area (Å²) in [5.41, 5.74) is 15.4. The van der Waals surface area contributed by atoms with Gasteiger partial charge in [0, 0.05) is 55.9 Å². The molecule has 0 atom stereocenters. The van der Waals surface area contributed by atoms with Gasteiger partial charge in [0.05, 0.1) is 54.6 Å². The first-order valence-corrected chi connectivity index (χ1v) is 52.9. The molecule has 0 bridgehead atoms. The average molecular weight is 2000 g/mol. The molecule has 2 fully saturated rings. The van der Waals surface area contributed by atoms with Gasteiger partial charge in [0.25, 0.3) is 0 Å². The molecule has 0 spiro atoms. The van der Waals surface area contributed by atoms with Crippen molar-refractivity contribution < 1.29 is 51.2 Å². The predicted molar refractivity (Wildman–Crippen MR) is 544 cm³/mol. The Labute approximate surface area is 819 Å².